The van der Waals surface area contributed by atoms with Gasteiger partial charge in [0.25, 0.3) is 0 Å². The van der Waals surface area contributed by atoms with E-state index >= 15 is 0 Å². The number of hydrogen-bond donors (Lipinski definition) is 2. The number of hydrogen-bond acceptors (Lipinski definition) is 4. The van der Waals surface area contributed by atoms with Crippen molar-refractivity contribution in [2.45, 2.75) is 19.4 Å². The minimum absolute atomic E-state index is 0.0403. The van der Waals surface area contributed by atoms with E-state index in [9.17, 15) is 0 Å². The molecule has 0 amide bonds. The second kappa shape index (κ2) is 11.0. The fraction of sp³-hybridized carbons (Fsp3) is 0.381. The summed E-state index contributed by atoms with van der Waals surface area (Å²) in [6.45, 7) is 3.41. The number of para-hydroxylation sites is 2. The third kappa shape index (κ3) is 6.73. The molecule has 0 aliphatic heterocycles. The predicted molar refractivity (Wildman–Crippen MR) is 109 cm³/mol. The molecule has 2 rings (SSSR count). The lowest BCUT2D eigenvalue weighted by atomic mass is 10.1. The van der Waals surface area contributed by atoms with Gasteiger partial charge in [-0.3, -0.25) is 4.99 Å². The van der Waals surface area contributed by atoms with Gasteiger partial charge < -0.3 is 24.8 Å². The van der Waals surface area contributed by atoms with Crippen molar-refractivity contribution in [3.05, 3.63) is 54.1 Å². The molecule has 0 aliphatic carbocycles. The zero-order chi connectivity index (χ0) is 19.5. The number of aliphatic imine (C=N–C) groups is 1. The predicted octanol–water partition coefficient (Wildman–Crippen LogP) is 2.88. The molecule has 2 aromatic carbocycles. The Balaban J connectivity index is 1.74. The molecule has 0 spiro atoms. The lowest BCUT2D eigenvalue weighted by Crippen LogP contribution is -2.42. The smallest absolute Gasteiger partial charge is 0.191 e. The van der Waals surface area contributed by atoms with Crippen molar-refractivity contribution in [3.8, 4) is 17.2 Å². The van der Waals surface area contributed by atoms with Gasteiger partial charge in [-0.25, -0.2) is 0 Å². The zero-order valence-electron chi connectivity index (χ0n) is 16.5. The Hall–Kier alpha value is -2.89. The maximum atomic E-state index is 5.94. The highest BCUT2D eigenvalue weighted by Crippen LogP contribution is 2.26. The van der Waals surface area contributed by atoms with Crippen LogP contribution in [0.2, 0.25) is 0 Å². The number of rotatable bonds is 9. The third-order valence-electron chi connectivity index (χ3n) is 4.04. The first-order valence-corrected chi connectivity index (χ1v) is 9.03. The van der Waals surface area contributed by atoms with Crippen LogP contribution in [0.3, 0.4) is 0 Å². The van der Waals surface area contributed by atoms with Gasteiger partial charge in [-0.05, 0) is 43.2 Å². The number of nitrogens with one attached hydrogen (secondary N) is 2. The first-order chi connectivity index (χ1) is 13.2. The molecule has 0 bridgehead atoms. The molecule has 27 heavy (non-hydrogen) atoms. The molecule has 0 radical (unpaired) electrons. The van der Waals surface area contributed by atoms with Gasteiger partial charge in [-0.1, -0.05) is 24.3 Å². The standard InChI is InChI=1S/C21H29N3O3/c1-16(27-20-8-6-5-7-19(20)26-4)15-24-21(22-2)23-14-13-17-9-11-18(25-3)12-10-17/h5-12,16H,13-15H2,1-4H3,(H2,22,23,24). The molecule has 1 unspecified atom stereocenters. The van der Waals surface area contributed by atoms with Gasteiger partial charge in [0.05, 0.1) is 20.8 Å². The van der Waals surface area contributed by atoms with Crippen LogP contribution in [-0.4, -0.2) is 46.4 Å². The number of nitrogens with zero attached hydrogens (tertiary/aromatic N) is 1. The molecular formula is C21H29N3O3. The number of benzene rings is 2. The molecule has 1 atom stereocenters. The van der Waals surface area contributed by atoms with Crippen molar-refractivity contribution in [2.75, 3.05) is 34.4 Å². The summed E-state index contributed by atoms with van der Waals surface area (Å²) >= 11 is 0. The molecular weight excluding hydrogens is 342 g/mol. The molecule has 6 heteroatoms. The highest BCUT2D eigenvalue weighted by molar-refractivity contribution is 5.79. The van der Waals surface area contributed by atoms with E-state index in [1.54, 1.807) is 21.3 Å². The summed E-state index contributed by atoms with van der Waals surface area (Å²) in [5.41, 5.74) is 1.24. The first kappa shape index (κ1) is 20.4. The van der Waals surface area contributed by atoms with Crippen molar-refractivity contribution < 1.29 is 14.2 Å². The molecule has 0 saturated carbocycles. The van der Waals surface area contributed by atoms with Crippen molar-refractivity contribution in [1.29, 1.82) is 0 Å². The maximum absolute atomic E-state index is 5.94. The van der Waals surface area contributed by atoms with Gasteiger partial charge >= 0.3 is 0 Å². The molecule has 2 N–H and O–H groups in total. The van der Waals surface area contributed by atoms with Crippen LogP contribution in [0.5, 0.6) is 17.2 Å². The minimum atomic E-state index is -0.0403. The van der Waals surface area contributed by atoms with E-state index < -0.39 is 0 Å². The summed E-state index contributed by atoms with van der Waals surface area (Å²) in [5, 5.41) is 6.60. The second-order valence-corrected chi connectivity index (χ2v) is 6.06. The van der Waals surface area contributed by atoms with Gasteiger partial charge in [0.15, 0.2) is 17.5 Å². The Morgan fingerprint density at radius 1 is 0.963 bits per heavy atom. The normalized spacial score (nSPS) is 12.2. The zero-order valence-corrected chi connectivity index (χ0v) is 16.5. The summed E-state index contributed by atoms with van der Waals surface area (Å²) in [5.74, 6) is 3.08. The number of guanidine groups is 1. The Kier molecular flexibility index (Phi) is 8.29. The summed E-state index contributed by atoms with van der Waals surface area (Å²) < 4.78 is 16.4. The van der Waals surface area contributed by atoms with Crippen LogP contribution in [0.1, 0.15) is 12.5 Å². The highest BCUT2D eigenvalue weighted by Gasteiger charge is 2.09. The third-order valence-corrected chi connectivity index (χ3v) is 4.04. The van der Waals surface area contributed by atoms with Crippen LogP contribution in [-0.2, 0) is 6.42 Å². The van der Waals surface area contributed by atoms with Gasteiger partial charge in [0.2, 0.25) is 0 Å². The molecule has 0 aromatic heterocycles. The SMILES string of the molecule is CN=C(NCCc1ccc(OC)cc1)NCC(C)Oc1ccccc1OC. The van der Waals surface area contributed by atoms with Crippen LogP contribution < -0.4 is 24.8 Å². The molecule has 0 saturated heterocycles. The summed E-state index contributed by atoms with van der Waals surface area (Å²) in [4.78, 5) is 4.25. The van der Waals surface area contributed by atoms with E-state index in [1.165, 1.54) is 5.56 Å². The van der Waals surface area contributed by atoms with Gasteiger partial charge in [-0.2, -0.15) is 0 Å². The minimum Gasteiger partial charge on any atom is -0.497 e. The summed E-state index contributed by atoms with van der Waals surface area (Å²) in [6, 6.07) is 15.7. The second-order valence-electron chi connectivity index (χ2n) is 6.06. The first-order valence-electron chi connectivity index (χ1n) is 9.03. The molecule has 0 heterocycles. The van der Waals surface area contributed by atoms with Crippen LogP contribution in [0.4, 0.5) is 0 Å². The quantitative estimate of drug-likeness (QED) is 0.524. The van der Waals surface area contributed by atoms with E-state index in [0.717, 1.165) is 36.2 Å². The van der Waals surface area contributed by atoms with Crippen LogP contribution in [0.25, 0.3) is 0 Å². The van der Waals surface area contributed by atoms with Crippen LogP contribution in [0.15, 0.2) is 53.5 Å². The van der Waals surface area contributed by atoms with E-state index in [-0.39, 0.29) is 6.10 Å². The molecule has 2 aromatic rings. The van der Waals surface area contributed by atoms with Crippen molar-refractivity contribution >= 4 is 5.96 Å². The highest BCUT2D eigenvalue weighted by atomic mass is 16.5. The fourth-order valence-electron chi connectivity index (χ4n) is 2.55. The molecule has 0 aliphatic rings. The Bertz CT molecular complexity index is 717. The number of methoxy groups -OCH3 is 2. The lowest BCUT2D eigenvalue weighted by Gasteiger charge is -2.19. The molecule has 0 fully saturated rings. The van der Waals surface area contributed by atoms with E-state index in [2.05, 4.69) is 27.8 Å². The van der Waals surface area contributed by atoms with Crippen molar-refractivity contribution in [3.63, 3.8) is 0 Å². The van der Waals surface area contributed by atoms with E-state index in [4.69, 9.17) is 14.2 Å². The lowest BCUT2D eigenvalue weighted by molar-refractivity contribution is 0.213. The average molecular weight is 371 g/mol. The fourth-order valence-corrected chi connectivity index (χ4v) is 2.55. The molecule has 6 nitrogen and oxygen atoms in total. The van der Waals surface area contributed by atoms with Gasteiger partial charge in [-0.15, -0.1) is 0 Å². The Morgan fingerprint density at radius 2 is 1.67 bits per heavy atom. The average Bonchev–Trinajstić information content (AvgIpc) is 2.71. The van der Waals surface area contributed by atoms with E-state index in [0.29, 0.717) is 6.54 Å². The Morgan fingerprint density at radius 3 is 2.30 bits per heavy atom. The van der Waals surface area contributed by atoms with Crippen LogP contribution >= 0.6 is 0 Å². The monoisotopic (exact) mass is 371 g/mol. The van der Waals surface area contributed by atoms with Crippen molar-refractivity contribution in [1.82, 2.24) is 10.6 Å². The maximum Gasteiger partial charge on any atom is 0.191 e. The largest absolute Gasteiger partial charge is 0.497 e. The summed E-state index contributed by atoms with van der Waals surface area (Å²) in [6.07, 6.45) is 0.860. The van der Waals surface area contributed by atoms with E-state index in [1.807, 2.05) is 43.3 Å². The Labute approximate surface area is 161 Å². The van der Waals surface area contributed by atoms with Gasteiger partial charge in [0, 0.05) is 13.6 Å². The number of ether oxygens (including phenoxy) is 3. The van der Waals surface area contributed by atoms with Crippen molar-refractivity contribution in [2.24, 2.45) is 4.99 Å². The van der Waals surface area contributed by atoms with Crippen LogP contribution in [0, 0.1) is 0 Å². The summed E-state index contributed by atoms with van der Waals surface area (Å²) in [7, 11) is 5.07. The topological polar surface area (TPSA) is 64.1 Å². The van der Waals surface area contributed by atoms with Gasteiger partial charge in [0.1, 0.15) is 11.9 Å². The molecule has 146 valence electrons.